The van der Waals surface area contributed by atoms with Crippen LogP contribution in [0.1, 0.15) is 59.8 Å². The molecule has 1 unspecified atom stereocenters. The predicted molar refractivity (Wildman–Crippen MR) is 149 cm³/mol. The van der Waals surface area contributed by atoms with Gasteiger partial charge in [-0.05, 0) is 39.3 Å². The van der Waals surface area contributed by atoms with Gasteiger partial charge in [-0.3, -0.25) is 0 Å². The molecule has 0 rings (SSSR count). The van der Waals surface area contributed by atoms with E-state index in [0.717, 1.165) is 50.9 Å². The normalized spacial score (nSPS) is 12.1. The first-order valence-corrected chi connectivity index (χ1v) is 14.1. The van der Waals surface area contributed by atoms with Crippen molar-refractivity contribution in [2.24, 2.45) is 5.41 Å². The lowest BCUT2D eigenvalue weighted by Crippen LogP contribution is -2.45. The van der Waals surface area contributed by atoms with Crippen molar-refractivity contribution in [1.82, 2.24) is 4.90 Å². The number of hydrogen-bond acceptors (Lipinski definition) is 10. The van der Waals surface area contributed by atoms with Gasteiger partial charge in [0.05, 0.1) is 39.6 Å². The quantitative estimate of drug-likeness (QED) is 0.0675. The summed E-state index contributed by atoms with van der Waals surface area (Å²) in [5.41, 5.74) is -0.604. The van der Waals surface area contributed by atoms with Crippen LogP contribution in [-0.2, 0) is 42.8 Å². The molecule has 0 aromatic rings. The molecule has 0 fully saturated rings. The fraction of sp³-hybridized carbons (Fsp3) is 0.759. The van der Waals surface area contributed by atoms with E-state index < -0.39 is 29.4 Å². The average Bonchev–Trinajstić information content (AvgIpc) is 2.94. The molecule has 0 heterocycles. The first kappa shape index (κ1) is 36.7. The summed E-state index contributed by atoms with van der Waals surface area (Å²) in [6.07, 6.45) is 6.24. The van der Waals surface area contributed by atoms with Gasteiger partial charge in [0.2, 0.25) is 0 Å². The van der Waals surface area contributed by atoms with Gasteiger partial charge in [0.25, 0.3) is 0 Å². The number of ether oxygens (including phenoxy) is 6. The third-order valence-corrected chi connectivity index (χ3v) is 6.06. The van der Waals surface area contributed by atoms with Crippen LogP contribution in [0.15, 0.2) is 25.3 Å². The lowest BCUT2D eigenvalue weighted by molar-refractivity contribution is -0.164. The third kappa shape index (κ3) is 17.8. The zero-order valence-electron chi connectivity index (χ0n) is 24.6. The van der Waals surface area contributed by atoms with Crippen molar-refractivity contribution in [2.75, 3.05) is 72.5 Å². The second-order valence-electron chi connectivity index (χ2n) is 9.26. The maximum Gasteiger partial charge on any atom is 0.336 e. The molecule has 0 N–H and O–H groups in total. The van der Waals surface area contributed by atoms with Gasteiger partial charge in [0, 0.05) is 24.1 Å². The molecule has 0 aliphatic rings. The summed E-state index contributed by atoms with van der Waals surface area (Å²) >= 11 is 0. The number of unbranched alkanes of at least 4 members (excludes halogenated alkanes) is 2. The van der Waals surface area contributed by atoms with Gasteiger partial charge >= 0.3 is 17.9 Å². The lowest BCUT2D eigenvalue weighted by atomic mass is 9.88. The lowest BCUT2D eigenvalue weighted by Gasteiger charge is -2.34. The van der Waals surface area contributed by atoms with Crippen molar-refractivity contribution in [3.8, 4) is 0 Å². The van der Waals surface area contributed by atoms with Crippen LogP contribution in [-0.4, -0.2) is 101 Å². The maximum absolute atomic E-state index is 12.9. The highest BCUT2D eigenvalue weighted by molar-refractivity contribution is 5.81. The Bertz CT molecular complexity index is 660. The molecule has 39 heavy (non-hydrogen) atoms. The summed E-state index contributed by atoms with van der Waals surface area (Å²) in [6.45, 7) is 18.5. The van der Waals surface area contributed by atoms with Crippen LogP contribution in [0.25, 0.3) is 0 Å². The van der Waals surface area contributed by atoms with Crippen LogP contribution in [0.3, 0.4) is 0 Å². The van der Waals surface area contributed by atoms with Crippen molar-refractivity contribution >= 4 is 17.9 Å². The Kier molecular flexibility index (Phi) is 22.2. The Balaban J connectivity index is 5.43. The van der Waals surface area contributed by atoms with Gasteiger partial charge in [-0.15, -0.1) is 0 Å². The fourth-order valence-electron chi connectivity index (χ4n) is 3.53. The van der Waals surface area contributed by atoms with E-state index in [2.05, 4.69) is 31.9 Å². The van der Waals surface area contributed by atoms with Crippen molar-refractivity contribution < 1.29 is 42.8 Å². The molecule has 226 valence electrons. The highest BCUT2D eigenvalue weighted by Crippen LogP contribution is 2.25. The number of hydrogen-bond donors (Lipinski definition) is 0. The minimum Gasteiger partial charge on any atom is -0.464 e. The Morgan fingerprint density at radius 3 is 1.69 bits per heavy atom. The van der Waals surface area contributed by atoms with E-state index in [4.69, 9.17) is 28.4 Å². The first-order chi connectivity index (χ1) is 18.8. The molecular weight excluding hydrogens is 506 g/mol. The summed E-state index contributed by atoms with van der Waals surface area (Å²) in [5, 5.41) is 0. The van der Waals surface area contributed by atoms with Gasteiger partial charge < -0.3 is 33.3 Å². The summed E-state index contributed by atoms with van der Waals surface area (Å²) in [6, 6.07) is 0. The largest absolute Gasteiger partial charge is 0.464 e. The van der Waals surface area contributed by atoms with E-state index in [1.54, 1.807) is 6.92 Å². The molecule has 0 bridgehead atoms. The van der Waals surface area contributed by atoms with Crippen LogP contribution < -0.4 is 0 Å². The van der Waals surface area contributed by atoms with E-state index in [0.29, 0.717) is 13.0 Å². The molecule has 0 aliphatic heterocycles. The SMILES string of the molecule is C=CC(=O)OCCOCC(CC)(COCCOC(=O)C=C)COC(CN(CCCC)CCCC)C(=O)OCC. The van der Waals surface area contributed by atoms with E-state index in [1.807, 2.05) is 6.92 Å². The zero-order valence-corrected chi connectivity index (χ0v) is 24.6. The molecule has 0 aromatic heterocycles. The highest BCUT2D eigenvalue weighted by atomic mass is 16.6. The van der Waals surface area contributed by atoms with Gasteiger partial charge in [0.1, 0.15) is 13.2 Å². The first-order valence-electron chi connectivity index (χ1n) is 14.1. The number of carbonyl (C=O) groups excluding carboxylic acids is 3. The third-order valence-electron chi connectivity index (χ3n) is 6.06. The molecule has 0 saturated heterocycles. The van der Waals surface area contributed by atoms with Gasteiger partial charge in [-0.25, -0.2) is 14.4 Å². The summed E-state index contributed by atoms with van der Waals surface area (Å²) in [4.78, 5) is 37.7. The molecule has 0 aromatic carbocycles. The Hall–Kier alpha value is -2.27. The number of carbonyl (C=O) groups is 3. The fourth-order valence-corrected chi connectivity index (χ4v) is 3.53. The second-order valence-corrected chi connectivity index (χ2v) is 9.26. The average molecular weight is 558 g/mol. The van der Waals surface area contributed by atoms with Crippen molar-refractivity contribution in [3.63, 3.8) is 0 Å². The van der Waals surface area contributed by atoms with E-state index in [-0.39, 0.29) is 52.9 Å². The smallest absolute Gasteiger partial charge is 0.336 e. The molecule has 10 nitrogen and oxygen atoms in total. The standard InChI is InChI=1S/C29H51NO9/c1-7-13-15-30(16-14-8-2)21-25(28(33)36-12-6)39-24-29(11-5,22-34-17-19-37-26(31)9-3)23-35-18-20-38-27(32)10-4/h9-10,25H,3-4,7-8,11-24H2,1-2,5-6H3. The zero-order chi connectivity index (χ0) is 29.4. The molecule has 1 atom stereocenters. The predicted octanol–water partition coefficient (Wildman–Crippen LogP) is 3.72. The number of nitrogens with zero attached hydrogens (tertiary/aromatic N) is 1. The van der Waals surface area contributed by atoms with Gasteiger partial charge in [0.15, 0.2) is 6.10 Å². The minimum atomic E-state index is -0.758. The number of esters is 3. The molecule has 0 aliphatic carbocycles. The van der Waals surface area contributed by atoms with E-state index in [1.165, 1.54) is 0 Å². The molecule has 0 saturated carbocycles. The summed E-state index contributed by atoms with van der Waals surface area (Å²) in [7, 11) is 0. The highest BCUT2D eigenvalue weighted by Gasteiger charge is 2.33. The van der Waals surface area contributed by atoms with Gasteiger partial charge in [-0.1, -0.05) is 46.8 Å². The summed E-state index contributed by atoms with van der Waals surface area (Å²) in [5.74, 6) is -1.43. The number of rotatable bonds is 26. The maximum atomic E-state index is 12.9. The van der Waals surface area contributed by atoms with Crippen LogP contribution >= 0.6 is 0 Å². The summed E-state index contributed by atoms with van der Waals surface area (Å²) < 4.78 is 33.2. The second kappa shape index (κ2) is 23.6. The molecule has 0 spiro atoms. The van der Waals surface area contributed by atoms with Crippen LogP contribution in [0.5, 0.6) is 0 Å². The van der Waals surface area contributed by atoms with E-state index >= 15 is 0 Å². The minimum absolute atomic E-state index is 0.0825. The molecule has 0 radical (unpaired) electrons. The van der Waals surface area contributed by atoms with Crippen LogP contribution in [0, 0.1) is 5.41 Å². The van der Waals surface area contributed by atoms with Crippen molar-refractivity contribution in [3.05, 3.63) is 25.3 Å². The van der Waals surface area contributed by atoms with E-state index in [9.17, 15) is 14.4 Å². The monoisotopic (exact) mass is 557 g/mol. The van der Waals surface area contributed by atoms with Crippen molar-refractivity contribution in [1.29, 1.82) is 0 Å². The molecular formula is C29H51NO9. The topological polar surface area (TPSA) is 110 Å². The van der Waals surface area contributed by atoms with Crippen LogP contribution in [0.2, 0.25) is 0 Å². The molecule has 0 amide bonds. The van der Waals surface area contributed by atoms with Crippen molar-refractivity contribution in [2.45, 2.75) is 65.9 Å². The Labute approximate surface area is 235 Å². The Morgan fingerprint density at radius 2 is 1.28 bits per heavy atom. The van der Waals surface area contributed by atoms with Crippen LogP contribution in [0.4, 0.5) is 0 Å². The Morgan fingerprint density at radius 1 is 0.769 bits per heavy atom. The molecule has 10 heteroatoms. The van der Waals surface area contributed by atoms with Gasteiger partial charge in [-0.2, -0.15) is 0 Å².